The number of aromatic nitrogens is 5. The van der Waals surface area contributed by atoms with E-state index in [0.717, 1.165) is 117 Å². The molecule has 3 amide bonds. The summed E-state index contributed by atoms with van der Waals surface area (Å²) >= 11 is 0. The standard InChI is InChI=1S/C52H61FN10O5/c1-32-24-37(27-41(53)48(32)36-13-19-60(20-14-36)31-39-29-40-42(8-16-55-49(40)57(39)2)62-23-15-38(54)28-47(62)65)51(67)61-21-11-34(12-22-61)30-59-17-9-33(10-18-59)25-35-4-5-43-45(26-35)58(3)52(68)63(43)44-6-7-46(64)56-50(44)66/h4-5,8,15-16,23-24,26-29,33-34,36,44H,6-7,9-14,17-22,25,30-31,54H2,1-3H3,(H,56,64,66). The van der Waals surface area contributed by atoms with Gasteiger partial charge < -0.3 is 20.1 Å². The number of piperidine rings is 4. The number of pyridine rings is 2. The number of nitrogen functional groups attached to an aromatic ring is 1. The highest BCUT2D eigenvalue weighted by molar-refractivity contribution is 6.00. The molecule has 1 unspecified atom stereocenters. The molecule has 0 aliphatic carbocycles. The van der Waals surface area contributed by atoms with Crippen LogP contribution in [0.5, 0.6) is 0 Å². The minimum atomic E-state index is -0.691. The molecular weight excluding hydrogens is 864 g/mol. The molecular formula is C52H61FN10O5. The van der Waals surface area contributed by atoms with Gasteiger partial charge in [-0.2, -0.15) is 0 Å². The number of aryl methyl sites for hydroxylation is 3. The maximum atomic E-state index is 16.1. The molecule has 15 nitrogen and oxygen atoms in total. The summed E-state index contributed by atoms with van der Waals surface area (Å²) in [6.45, 7) is 8.68. The highest BCUT2D eigenvalue weighted by Crippen LogP contribution is 2.35. The summed E-state index contributed by atoms with van der Waals surface area (Å²) in [5, 5.41) is 3.27. The van der Waals surface area contributed by atoms with E-state index in [1.54, 1.807) is 34.6 Å². The molecule has 8 heterocycles. The van der Waals surface area contributed by atoms with Crippen molar-refractivity contribution in [3.8, 4) is 5.69 Å². The summed E-state index contributed by atoms with van der Waals surface area (Å²) in [6, 6.07) is 15.8. The molecule has 0 saturated carbocycles. The molecule has 68 heavy (non-hydrogen) atoms. The van der Waals surface area contributed by atoms with Crippen molar-refractivity contribution in [1.29, 1.82) is 0 Å². The van der Waals surface area contributed by atoms with Crippen LogP contribution in [0.1, 0.15) is 96.1 Å². The lowest BCUT2D eigenvalue weighted by molar-refractivity contribution is -0.135. The third-order valence-electron chi connectivity index (χ3n) is 15.5. The van der Waals surface area contributed by atoms with Gasteiger partial charge in [0, 0.05) is 87.5 Å². The molecule has 16 heteroatoms. The van der Waals surface area contributed by atoms with Crippen molar-refractivity contribution >= 4 is 45.5 Å². The van der Waals surface area contributed by atoms with E-state index in [2.05, 4.69) is 42.9 Å². The molecule has 4 aliphatic rings. The number of hydrogen-bond acceptors (Lipinski definition) is 9. The number of hydrogen-bond donors (Lipinski definition) is 2. The molecule has 4 fully saturated rings. The second-order valence-electron chi connectivity index (χ2n) is 19.9. The van der Waals surface area contributed by atoms with Crippen LogP contribution in [0.2, 0.25) is 0 Å². The lowest BCUT2D eigenvalue weighted by atomic mass is 9.85. The van der Waals surface area contributed by atoms with Crippen LogP contribution in [-0.2, 0) is 36.6 Å². The smallest absolute Gasteiger partial charge is 0.329 e. The van der Waals surface area contributed by atoms with Gasteiger partial charge in [-0.3, -0.25) is 43.1 Å². The molecule has 3 N–H and O–H groups in total. The number of rotatable bonds is 10. The molecule has 0 radical (unpaired) electrons. The second kappa shape index (κ2) is 18.6. The Labute approximate surface area is 394 Å². The van der Waals surface area contributed by atoms with Crippen molar-refractivity contribution in [3.63, 3.8) is 0 Å². The summed E-state index contributed by atoms with van der Waals surface area (Å²) in [5.41, 5.74) is 13.1. The van der Waals surface area contributed by atoms with Crippen molar-refractivity contribution in [2.75, 3.05) is 51.5 Å². The lowest BCUT2D eigenvalue weighted by Crippen LogP contribution is -2.44. The van der Waals surface area contributed by atoms with Gasteiger partial charge >= 0.3 is 5.69 Å². The fraction of sp³-hybridized carbons (Fsp3) is 0.462. The van der Waals surface area contributed by atoms with Crippen LogP contribution in [0.3, 0.4) is 0 Å². The van der Waals surface area contributed by atoms with Gasteiger partial charge in [0.05, 0.1) is 16.7 Å². The van der Waals surface area contributed by atoms with Crippen molar-refractivity contribution in [2.24, 2.45) is 25.9 Å². The predicted molar refractivity (Wildman–Crippen MR) is 259 cm³/mol. The summed E-state index contributed by atoms with van der Waals surface area (Å²) in [5.74, 6) is 0.00987. The number of nitrogens with one attached hydrogen (secondary N) is 1. The van der Waals surface area contributed by atoms with Gasteiger partial charge in [0.25, 0.3) is 11.5 Å². The molecule has 4 aromatic heterocycles. The topological polar surface area (TPSA) is 166 Å². The molecule has 4 aliphatic heterocycles. The molecule has 0 bridgehead atoms. The van der Waals surface area contributed by atoms with E-state index in [9.17, 15) is 24.0 Å². The van der Waals surface area contributed by atoms with E-state index in [4.69, 9.17) is 5.73 Å². The second-order valence-corrected chi connectivity index (χ2v) is 19.9. The minimum Gasteiger partial charge on any atom is -0.399 e. The zero-order valence-corrected chi connectivity index (χ0v) is 39.3. The molecule has 0 spiro atoms. The van der Waals surface area contributed by atoms with Crippen molar-refractivity contribution in [2.45, 2.75) is 83.2 Å². The van der Waals surface area contributed by atoms with Crippen LogP contribution >= 0.6 is 0 Å². The van der Waals surface area contributed by atoms with E-state index < -0.39 is 11.9 Å². The fourth-order valence-corrected chi connectivity index (χ4v) is 11.7. The number of nitrogens with two attached hydrogens (primary N) is 1. The molecule has 2 aromatic carbocycles. The Morgan fingerprint density at radius 3 is 2.26 bits per heavy atom. The van der Waals surface area contributed by atoms with Crippen molar-refractivity contribution < 1.29 is 18.8 Å². The van der Waals surface area contributed by atoms with Gasteiger partial charge in [-0.15, -0.1) is 0 Å². The number of imidazole rings is 1. The van der Waals surface area contributed by atoms with Gasteiger partial charge in [0.1, 0.15) is 17.5 Å². The van der Waals surface area contributed by atoms with Gasteiger partial charge in [0.2, 0.25) is 11.8 Å². The minimum absolute atomic E-state index is 0.0716. The Hall–Kier alpha value is -6.39. The van der Waals surface area contributed by atoms with E-state index in [1.807, 2.05) is 37.1 Å². The first kappa shape index (κ1) is 45.4. The number of benzene rings is 2. The maximum absolute atomic E-state index is 16.1. The number of imide groups is 1. The normalized spacial score (nSPS) is 19.6. The van der Waals surface area contributed by atoms with E-state index in [-0.39, 0.29) is 41.2 Å². The number of likely N-dealkylation sites (tertiary alicyclic amines) is 3. The number of fused-ring (bicyclic) bond motifs is 2. The van der Waals surface area contributed by atoms with Gasteiger partial charge in [-0.05, 0) is 161 Å². The Bertz CT molecular complexity index is 3030. The maximum Gasteiger partial charge on any atom is 0.329 e. The number of amides is 3. The number of nitrogens with zero attached hydrogens (tertiary/aromatic N) is 8. The number of carbonyl (C=O) groups excluding carboxylic acids is 3. The van der Waals surface area contributed by atoms with Gasteiger partial charge in [0.15, 0.2) is 0 Å². The van der Waals surface area contributed by atoms with Crippen LogP contribution in [0.15, 0.2) is 76.6 Å². The zero-order chi connectivity index (χ0) is 47.4. The summed E-state index contributed by atoms with van der Waals surface area (Å²) in [4.78, 5) is 75.6. The Morgan fingerprint density at radius 2 is 1.54 bits per heavy atom. The van der Waals surface area contributed by atoms with Crippen molar-refractivity contribution in [1.82, 2.24) is 43.3 Å². The SMILES string of the molecule is Cc1cc(C(=O)N2CCC(CN3CCC(Cc4ccc5c(c4)n(C)c(=O)n5C4CCC(=O)NC4=O)CC3)CC2)cc(F)c1C1CCN(Cc2cc3c(-n4ccc(N)cc4=O)ccnc3n2C)CC1. The Balaban J connectivity index is 0.689. The first-order valence-electron chi connectivity index (χ1n) is 24.3. The third-order valence-corrected chi connectivity index (χ3v) is 15.5. The summed E-state index contributed by atoms with van der Waals surface area (Å²) < 4.78 is 22.9. The zero-order valence-electron chi connectivity index (χ0n) is 39.3. The molecule has 10 rings (SSSR count). The monoisotopic (exact) mass is 924 g/mol. The third kappa shape index (κ3) is 8.79. The molecule has 356 valence electrons. The van der Waals surface area contributed by atoms with E-state index in [1.165, 1.54) is 22.3 Å². The number of halogens is 1. The highest BCUT2D eigenvalue weighted by atomic mass is 19.1. The van der Waals surface area contributed by atoms with Crippen molar-refractivity contribution in [3.05, 3.63) is 122 Å². The van der Waals surface area contributed by atoms with Crippen LogP contribution in [-0.4, -0.2) is 101 Å². The Morgan fingerprint density at radius 1 is 0.809 bits per heavy atom. The Kier molecular flexibility index (Phi) is 12.4. The average Bonchev–Trinajstić information content (AvgIpc) is 3.77. The summed E-state index contributed by atoms with van der Waals surface area (Å²) in [6.07, 6.45) is 10.5. The highest BCUT2D eigenvalue weighted by Gasteiger charge is 2.33. The number of anilines is 1. The van der Waals surface area contributed by atoms with Gasteiger partial charge in [-0.25, -0.2) is 14.2 Å². The largest absolute Gasteiger partial charge is 0.399 e. The fourth-order valence-electron chi connectivity index (χ4n) is 11.7. The van der Waals surface area contributed by atoms with Gasteiger partial charge in [-0.1, -0.05) is 6.07 Å². The lowest BCUT2D eigenvalue weighted by Gasteiger charge is -2.38. The van der Waals surface area contributed by atoms with Crippen LogP contribution in [0.4, 0.5) is 10.1 Å². The molecule has 4 saturated heterocycles. The predicted octanol–water partition coefficient (Wildman–Crippen LogP) is 5.57. The van der Waals surface area contributed by atoms with Crippen LogP contribution in [0, 0.1) is 24.6 Å². The first-order valence-corrected chi connectivity index (χ1v) is 24.3. The number of carbonyl (C=O) groups is 3. The molecule has 1 atom stereocenters. The molecule has 6 aromatic rings. The van der Waals surface area contributed by atoms with E-state index in [0.29, 0.717) is 54.7 Å². The van der Waals surface area contributed by atoms with Crippen LogP contribution < -0.4 is 22.3 Å². The first-order chi connectivity index (χ1) is 32.8. The summed E-state index contributed by atoms with van der Waals surface area (Å²) in [7, 11) is 3.73. The van der Waals surface area contributed by atoms with E-state index >= 15 is 4.39 Å². The van der Waals surface area contributed by atoms with Crippen LogP contribution in [0.25, 0.3) is 27.8 Å². The quantitative estimate of drug-likeness (QED) is 0.167. The average molecular weight is 925 g/mol.